The Kier molecular flexibility index (Phi) is 8.36. The van der Waals surface area contributed by atoms with Crippen LogP contribution in [0.25, 0.3) is 0 Å². The van der Waals surface area contributed by atoms with E-state index in [1.807, 2.05) is 12.3 Å². The molecule has 1 aromatic rings. The SMILES string of the molecule is O=P([O-])(O)O.OCCSCc1cc[nH+]cn1. The van der Waals surface area contributed by atoms with Gasteiger partial charge in [-0.25, -0.2) is 0 Å². The number of aromatic nitrogens is 2. The Hall–Kier alpha value is -0.500. The summed E-state index contributed by atoms with van der Waals surface area (Å²) in [6, 6.07) is 1.93. The summed E-state index contributed by atoms with van der Waals surface area (Å²) in [6.45, 7) is 0.240. The van der Waals surface area contributed by atoms with Crippen molar-refractivity contribution in [3.63, 3.8) is 0 Å². The maximum atomic E-state index is 8.77. The van der Waals surface area contributed by atoms with Crippen molar-refractivity contribution in [1.82, 2.24) is 4.98 Å². The molecule has 0 saturated heterocycles. The molecular weight excluding hydrogens is 255 g/mol. The van der Waals surface area contributed by atoms with Crippen molar-refractivity contribution < 1.29 is 29.3 Å². The van der Waals surface area contributed by atoms with Crippen LogP contribution in [0.1, 0.15) is 5.69 Å². The quantitative estimate of drug-likeness (QED) is 0.450. The van der Waals surface area contributed by atoms with Crippen LogP contribution in [0.2, 0.25) is 0 Å². The van der Waals surface area contributed by atoms with Crippen LogP contribution in [0.5, 0.6) is 0 Å². The number of phosphoric acid groups is 1. The van der Waals surface area contributed by atoms with E-state index in [2.05, 4.69) is 9.97 Å². The van der Waals surface area contributed by atoms with Crippen molar-refractivity contribution in [3.05, 3.63) is 24.3 Å². The molecule has 0 aromatic carbocycles. The molecule has 0 atom stereocenters. The third kappa shape index (κ3) is 13.5. The summed E-state index contributed by atoms with van der Waals surface area (Å²) in [5, 5.41) is 8.50. The first kappa shape index (κ1) is 15.5. The number of nitrogens with zero attached hydrogens (tertiary/aromatic N) is 1. The first-order valence-electron chi connectivity index (χ1n) is 4.19. The molecule has 16 heavy (non-hydrogen) atoms. The average molecular weight is 268 g/mol. The van der Waals surface area contributed by atoms with E-state index in [1.165, 1.54) is 0 Å². The summed E-state index contributed by atoms with van der Waals surface area (Å²) < 4.78 is 8.77. The number of aliphatic hydroxyl groups excluding tert-OH is 1. The molecule has 7 nitrogen and oxygen atoms in total. The highest BCUT2D eigenvalue weighted by Gasteiger charge is 1.97. The van der Waals surface area contributed by atoms with Gasteiger partial charge in [-0.1, -0.05) is 4.98 Å². The van der Waals surface area contributed by atoms with Crippen LogP contribution in [0, 0.1) is 0 Å². The lowest BCUT2D eigenvalue weighted by molar-refractivity contribution is -0.383. The second-order valence-corrected chi connectivity index (χ2v) is 4.60. The van der Waals surface area contributed by atoms with Crippen LogP contribution < -0.4 is 9.88 Å². The predicted octanol–water partition coefficient (Wildman–Crippen LogP) is -1.44. The van der Waals surface area contributed by atoms with Crippen LogP contribution >= 0.6 is 19.6 Å². The van der Waals surface area contributed by atoms with Crippen LogP contribution in [0.4, 0.5) is 0 Å². The second kappa shape index (κ2) is 8.63. The summed E-state index contributed by atoms with van der Waals surface area (Å²) >= 11 is 1.68. The number of hydrogen-bond acceptors (Lipinski definition) is 5. The van der Waals surface area contributed by atoms with Crippen LogP contribution in [-0.2, 0) is 10.3 Å². The molecule has 0 spiro atoms. The van der Waals surface area contributed by atoms with Gasteiger partial charge in [-0.05, 0) is 0 Å². The number of nitrogens with one attached hydrogen (secondary N) is 1. The summed E-state index contributed by atoms with van der Waals surface area (Å²) in [5.74, 6) is 1.65. The number of hydrogen-bond donors (Lipinski definition) is 3. The van der Waals surface area contributed by atoms with Crippen molar-refractivity contribution in [1.29, 1.82) is 0 Å². The Morgan fingerprint density at radius 3 is 2.62 bits per heavy atom. The minimum absolute atomic E-state index is 0.240. The number of aliphatic hydroxyl groups is 1. The lowest BCUT2D eigenvalue weighted by Crippen LogP contribution is -2.02. The molecule has 0 aliphatic rings. The van der Waals surface area contributed by atoms with E-state index < -0.39 is 7.82 Å². The molecule has 0 fully saturated rings. The number of aromatic amines is 1. The fourth-order valence-corrected chi connectivity index (χ4v) is 1.33. The minimum atomic E-state index is -4.89. The molecule has 92 valence electrons. The van der Waals surface area contributed by atoms with Crippen LogP contribution in [0.3, 0.4) is 0 Å². The van der Waals surface area contributed by atoms with Crippen molar-refractivity contribution in [3.8, 4) is 0 Å². The van der Waals surface area contributed by atoms with E-state index in [0.29, 0.717) is 0 Å². The first-order chi connectivity index (χ1) is 7.43. The van der Waals surface area contributed by atoms with Gasteiger partial charge in [-0.15, -0.1) is 0 Å². The monoisotopic (exact) mass is 268 g/mol. The maximum absolute atomic E-state index is 8.77. The van der Waals surface area contributed by atoms with Crippen molar-refractivity contribution in [2.24, 2.45) is 0 Å². The largest absolute Gasteiger partial charge is 0.756 e. The van der Waals surface area contributed by atoms with Crippen molar-refractivity contribution >= 4 is 19.6 Å². The lowest BCUT2D eigenvalue weighted by atomic mass is 10.5. The van der Waals surface area contributed by atoms with E-state index in [0.717, 1.165) is 17.2 Å². The first-order valence-corrected chi connectivity index (χ1v) is 6.88. The number of rotatable bonds is 4. The number of thioether (sulfide) groups is 1. The Morgan fingerprint density at radius 2 is 2.19 bits per heavy atom. The molecule has 0 saturated carbocycles. The summed E-state index contributed by atoms with van der Waals surface area (Å²) in [6.07, 6.45) is 3.51. The van der Waals surface area contributed by atoms with Gasteiger partial charge in [0.25, 0.3) is 14.2 Å². The standard InChI is InChI=1S/C7H10N2OS.H3O4P/c10-3-4-11-5-7-1-2-8-6-9-7;1-5(2,3)4/h1-2,6,10H,3-5H2;(H3,1,2,3,4). The highest BCUT2D eigenvalue weighted by atomic mass is 32.2. The lowest BCUT2D eigenvalue weighted by Gasteiger charge is -2.01. The summed E-state index contributed by atoms with van der Waals surface area (Å²) in [4.78, 5) is 29.9. The average Bonchev–Trinajstić information content (AvgIpc) is 2.17. The van der Waals surface area contributed by atoms with Gasteiger partial charge in [-0.2, -0.15) is 11.8 Å². The highest BCUT2D eigenvalue weighted by Crippen LogP contribution is 2.18. The van der Waals surface area contributed by atoms with Crippen LogP contribution in [-0.4, -0.2) is 32.2 Å². The Balaban J connectivity index is 0.000000385. The zero-order valence-electron chi connectivity index (χ0n) is 8.31. The van der Waals surface area contributed by atoms with Gasteiger partial charge in [0.05, 0.1) is 18.6 Å². The van der Waals surface area contributed by atoms with Crippen molar-refractivity contribution in [2.75, 3.05) is 12.4 Å². The smallest absolute Gasteiger partial charge is 0.284 e. The summed E-state index contributed by atoms with van der Waals surface area (Å²) in [7, 11) is -4.89. The van der Waals surface area contributed by atoms with Gasteiger partial charge in [-0.3, -0.25) is 9.55 Å². The summed E-state index contributed by atoms with van der Waals surface area (Å²) in [5.41, 5.74) is 1.04. The molecule has 1 heterocycles. The zero-order valence-corrected chi connectivity index (χ0v) is 10.0. The topological polar surface area (TPSA) is 128 Å². The van der Waals surface area contributed by atoms with E-state index in [9.17, 15) is 0 Å². The normalized spacial score (nSPS) is 10.5. The Labute approximate surface area is 96.8 Å². The molecule has 0 aliphatic heterocycles. The minimum Gasteiger partial charge on any atom is -0.756 e. The maximum Gasteiger partial charge on any atom is 0.284 e. The molecule has 0 amide bonds. The highest BCUT2D eigenvalue weighted by molar-refractivity contribution is 7.98. The van der Waals surface area contributed by atoms with Gasteiger partial charge in [0.15, 0.2) is 5.69 Å². The van der Waals surface area contributed by atoms with E-state index in [-0.39, 0.29) is 6.61 Å². The van der Waals surface area contributed by atoms with Gasteiger partial charge in [0.2, 0.25) is 0 Å². The molecule has 0 bridgehead atoms. The molecular formula is C7H13N2O5PS. The fourth-order valence-electron chi connectivity index (χ4n) is 0.677. The third-order valence-electron chi connectivity index (χ3n) is 1.16. The Bertz CT molecular complexity index is 312. The van der Waals surface area contributed by atoms with Crippen molar-refractivity contribution in [2.45, 2.75) is 5.75 Å². The molecule has 4 N–H and O–H groups in total. The second-order valence-electron chi connectivity index (χ2n) is 2.52. The van der Waals surface area contributed by atoms with Gasteiger partial charge >= 0.3 is 0 Å². The number of H-pyrrole nitrogens is 1. The fraction of sp³-hybridized carbons (Fsp3) is 0.429. The third-order valence-corrected chi connectivity index (χ3v) is 2.13. The predicted molar refractivity (Wildman–Crippen MR) is 56.1 cm³/mol. The Morgan fingerprint density at radius 1 is 1.56 bits per heavy atom. The van der Waals surface area contributed by atoms with Gasteiger partial charge in [0, 0.05) is 11.8 Å². The molecule has 0 radical (unpaired) electrons. The molecule has 1 rings (SSSR count). The van der Waals surface area contributed by atoms with E-state index >= 15 is 0 Å². The molecule has 0 unspecified atom stereocenters. The molecule has 9 heteroatoms. The van der Waals surface area contributed by atoms with E-state index in [1.54, 1.807) is 18.1 Å². The molecule has 1 aromatic heterocycles. The van der Waals surface area contributed by atoms with Gasteiger partial charge < -0.3 is 19.8 Å². The van der Waals surface area contributed by atoms with Crippen LogP contribution in [0.15, 0.2) is 18.6 Å². The zero-order chi connectivity index (χ0) is 12.4. The van der Waals surface area contributed by atoms with Gasteiger partial charge in [0.1, 0.15) is 0 Å². The molecule has 0 aliphatic carbocycles. The van der Waals surface area contributed by atoms with E-state index in [4.69, 9.17) is 24.4 Å².